The molecule has 0 saturated heterocycles. The van der Waals surface area contributed by atoms with E-state index in [1.54, 1.807) is 22.6 Å². The van der Waals surface area contributed by atoms with Crippen LogP contribution in [0.5, 0.6) is 0 Å². The van der Waals surface area contributed by atoms with Crippen LogP contribution in [0.4, 0.5) is 5.69 Å². The van der Waals surface area contributed by atoms with Crippen LogP contribution in [-0.2, 0) is 4.79 Å². The molecule has 10 nitrogen and oxygen atoms in total. The normalized spacial score (nSPS) is 15.1. The van der Waals surface area contributed by atoms with E-state index in [0.29, 0.717) is 7.14 Å². The average Bonchev–Trinajstić information content (AvgIpc) is 2.57. The minimum atomic E-state index is -1.91. The first-order valence-electron chi connectivity index (χ1n) is 7.97. The molecule has 0 spiro atoms. The summed E-state index contributed by atoms with van der Waals surface area (Å²) in [5.41, 5.74) is -3.66. The monoisotopic (exact) mass is 747 g/mol. The van der Waals surface area contributed by atoms with E-state index in [1.807, 2.05) is 45.2 Å². The fourth-order valence-corrected chi connectivity index (χ4v) is 6.46. The van der Waals surface area contributed by atoms with Crippen molar-refractivity contribution >= 4 is 91.2 Å². The maximum absolute atomic E-state index is 12.8. The number of hydrogen-bond acceptors (Lipinski definition) is 7. The van der Waals surface area contributed by atoms with Crippen molar-refractivity contribution in [1.82, 2.24) is 10.6 Å². The van der Waals surface area contributed by atoms with E-state index in [2.05, 4.69) is 16.0 Å². The highest BCUT2D eigenvalue weighted by molar-refractivity contribution is 14.1. The lowest BCUT2D eigenvalue weighted by Gasteiger charge is -2.26. The first kappa shape index (κ1) is 26.7. The van der Waals surface area contributed by atoms with Gasteiger partial charge in [-0.3, -0.25) is 14.4 Å². The number of benzene rings is 1. The van der Waals surface area contributed by atoms with Crippen LogP contribution in [-0.4, -0.2) is 62.8 Å². The number of amides is 3. The van der Waals surface area contributed by atoms with Crippen molar-refractivity contribution in [3.8, 4) is 0 Å². The van der Waals surface area contributed by atoms with Gasteiger partial charge in [-0.05, 0) is 81.6 Å². The molecule has 2 unspecified atom stereocenters. The van der Waals surface area contributed by atoms with E-state index in [-0.39, 0.29) is 20.4 Å². The molecule has 0 radical (unpaired) electrons. The second-order valence-electron chi connectivity index (χ2n) is 6.52. The Bertz CT molecular complexity index is 787. The number of aliphatic hydroxyl groups is 4. The topological polar surface area (TPSA) is 168 Å². The van der Waals surface area contributed by atoms with Crippen LogP contribution < -0.4 is 16.0 Å². The third-order valence-electron chi connectivity index (χ3n) is 3.45. The van der Waals surface area contributed by atoms with Gasteiger partial charge in [0.25, 0.3) is 11.8 Å². The number of halogens is 3. The first-order valence-corrected chi connectivity index (χ1v) is 11.2. The van der Waals surface area contributed by atoms with Gasteiger partial charge in [0, 0.05) is 10.5 Å². The fourth-order valence-electron chi connectivity index (χ4n) is 2.04. The summed E-state index contributed by atoms with van der Waals surface area (Å²) in [5, 5.41) is 45.4. The SMILES string of the molecule is CC(=O)Nc1c(I)c(C(=O)NC(C)(O)CO)c(I)c(C(=O)NC(C)(O)CO)c1I. The van der Waals surface area contributed by atoms with Crippen LogP contribution in [0.25, 0.3) is 0 Å². The largest absolute Gasteiger partial charge is 0.391 e. The zero-order valence-electron chi connectivity index (χ0n) is 15.6. The maximum Gasteiger partial charge on any atom is 0.255 e. The van der Waals surface area contributed by atoms with Gasteiger partial charge in [-0.2, -0.15) is 0 Å². The standard InChI is InChI=1S/C16H20I3N3O7/c1-6(25)20-12-10(18)7(13(26)21-15(2,28)4-23)9(17)8(11(12)19)14(27)22-16(3,29)5-24/h23-24,28-29H,4-5H2,1-3H3,(H,20,25)(H,21,26)(H,22,27). The van der Waals surface area contributed by atoms with Gasteiger partial charge >= 0.3 is 0 Å². The number of hydrogen-bond donors (Lipinski definition) is 7. The van der Waals surface area contributed by atoms with Gasteiger partial charge in [0.1, 0.15) is 0 Å². The quantitative estimate of drug-likeness (QED) is 0.156. The van der Waals surface area contributed by atoms with Gasteiger partial charge in [-0.15, -0.1) is 0 Å². The molecule has 0 heterocycles. The molecule has 0 aromatic heterocycles. The third kappa shape index (κ3) is 6.82. The van der Waals surface area contributed by atoms with Crippen molar-refractivity contribution in [2.24, 2.45) is 0 Å². The van der Waals surface area contributed by atoms with Crippen molar-refractivity contribution in [3.63, 3.8) is 0 Å². The minimum Gasteiger partial charge on any atom is -0.391 e. The van der Waals surface area contributed by atoms with Crippen LogP contribution in [0.3, 0.4) is 0 Å². The summed E-state index contributed by atoms with van der Waals surface area (Å²) >= 11 is 5.43. The van der Waals surface area contributed by atoms with Crippen LogP contribution in [0.1, 0.15) is 41.5 Å². The number of carbonyl (C=O) groups is 3. The Morgan fingerprint density at radius 2 is 1.17 bits per heavy atom. The molecule has 0 fully saturated rings. The molecule has 0 aliphatic carbocycles. The Kier molecular flexibility index (Phi) is 9.49. The predicted octanol–water partition coefficient (Wildman–Crippen LogP) is 0.320. The highest BCUT2D eigenvalue weighted by Gasteiger charge is 2.33. The molecule has 1 aromatic carbocycles. The molecule has 7 N–H and O–H groups in total. The molecule has 0 aliphatic heterocycles. The summed E-state index contributed by atoms with van der Waals surface area (Å²) in [6.07, 6.45) is 0. The first-order chi connectivity index (χ1) is 13.2. The third-order valence-corrected chi connectivity index (χ3v) is 6.69. The number of carbonyl (C=O) groups excluding carboxylic acids is 3. The Labute approximate surface area is 207 Å². The fraction of sp³-hybridized carbons (Fsp3) is 0.438. The maximum atomic E-state index is 12.8. The van der Waals surface area contributed by atoms with Crippen molar-refractivity contribution < 1.29 is 34.8 Å². The van der Waals surface area contributed by atoms with Crippen molar-refractivity contribution in [3.05, 3.63) is 21.8 Å². The number of nitrogens with one attached hydrogen (secondary N) is 3. The number of aliphatic hydroxyl groups excluding tert-OH is 2. The van der Waals surface area contributed by atoms with Crippen molar-refractivity contribution in [2.45, 2.75) is 32.2 Å². The number of anilines is 1. The summed E-state index contributed by atoms with van der Waals surface area (Å²) in [7, 11) is 0. The minimum absolute atomic E-state index is 0.0158. The molecule has 0 bridgehead atoms. The molecule has 1 rings (SSSR count). The van der Waals surface area contributed by atoms with E-state index in [1.165, 1.54) is 20.8 Å². The van der Waals surface area contributed by atoms with Gasteiger partial charge in [-0.1, -0.05) is 0 Å². The Morgan fingerprint density at radius 3 is 1.45 bits per heavy atom. The van der Waals surface area contributed by atoms with Gasteiger partial charge < -0.3 is 36.4 Å². The molecule has 1 aromatic rings. The smallest absolute Gasteiger partial charge is 0.255 e. The van der Waals surface area contributed by atoms with Crippen LogP contribution in [0.2, 0.25) is 0 Å². The summed E-state index contributed by atoms with van der Waals surface area (Å²) in [4.78, 5) is 37.2. The van der Waals surface area contributed by atoms with E-state index in [4.69, 9.17) is 0 Å². The Hall–Kier alpha value is -0.340. The highest BCUT2D eigenvalue weighted by Crippen LogP contribution is 2.36. The zero-order valence-corrected chi connectivity index (χ0v) is 22.0. The lowest BCUT2D eigenvalue weighted by Crippen LogP contribution is -2.50. The molecule has 2 atom stereocenters. The van der Waals surface area contributed by atoms with Gasteiger partial charge in [0.05, 0.1) is 37.2 Å². The number of rotatable bonds is 7. The highest BCUT2D eigenvalue weighted by atomic mass is 127. The molecule has 0 saturated carbocycles. The second-order valence-corrected chi connectivity index (χ2v) is 9.76. The van der Waals surface area contributed by atoms with Gasteiger partial charge in [-0.25, -0.2) is 0 Å². The summed E-state index contributed by atoms with van der Waals surface area (Å²) in [5.74, 6) is -2.02. The van der Waals surface area contributed by atoms with Crippen molar-refractivity contribution in [1.29, 1.82) is 0 Å². The second kappa shape index (κ2) is 10.3. The van der Waals surface area contributed by atoms with Crippen molar-refractivity contribution in [2.75, 3.05) is 18.5 Å². The molecule has 162 valence electrons. The van der Waals surface area contributed by atoms with Crippen LogP contribution in [0.15, 0.2) is 0 Å². The average molecular weight is 747 g/mol. The molecular weight excluding hydrogens is 727 g/mol. The van der Waals surface area contributed by atoms with E-state index in [9.17, 15) is 34.8 Å². The lowest BCUT2D eigenvalue weighted by atomic mass is 10.1. The van der Waals surface area contributed by atoms with E-state index >= 15 is 0 Å². The predicted molar refractivity (Wildman–Crippen MR) is 129 cm³/mol. The van der Waals surface area contributed by atoms with E-state index in [0.717, 1.165) is 0 Å². The van der Waals surface area contributed by atoms with Gasteiger partial charge in [0.2, 0.25) is 5.91 Å². The summed E-state index contributed by atoms with van der Waals surface area (Å²) < 4.78 is 0.801. The summed E-state index contributed by atoms with van der Waals surface area (Å²) in [6.45, 7) is 2.15. The van der Waals surface area contributed by atoms with Crippen LogP contribution in [0, 0.1) is 10.7 Å². The molecular formula is C16H20I3N3O7. The lowest BCUT2D eigenvalue weighted by molar-refractivity contribution is -0.114. The molecule has 13 heteroatoms. The Balaban J connectivity index is 3.70. The van der Waals surface area contributed by atoms with Crippen LogP contribution >= 0.6 is 67.8 Å². The molecule has 0 aliphatic rings. The zero-order chi connectivity index (χ0) is 22.7. The van der Waals surface area contributed by atoms with E-state index < -0.39 is 42.4 Å². The molecule has 3 amide bonds. The van der Waals surface area contributed by atoms with Gasteiger partial charge in [0.15, 0.2) is 11.4 Å². The summed E-state index contributed by atoms with van der Waals surface area (Å²) in [6, 6.07) is 0. The Morgan fingerprint density at radius 1 is 0.828 bits per heavy atom. The molecule has 29 heavy (non-hydrogen) atoms.